The van der Waals surface area contributed by atoms with Gasteiger partial charge in [0.15, 0.2) is 0 Å². The highest BCUT2D eigenvalue weighted by Gasteiger charge is 2.25. The smallest absolute Gasteiger partial charge is 0.271 e. The van der Waals surface area contributed by atoms with Gasteiger partial charge < -0.3 is 9.64 Å². The van der Waals surface area contributed by atoms with Crippen molar-refractivity contribution in [3.63, 3.8) is 0 Å². The summed E-state index contributed by atoms with van der Waals surface area (Å²) < 4.78 is 5.52. The van der Waals surface area contributed by atoms with Gasteiger partial charge in [-0.2, -0.15) is 5.26 Å². The van der Waals surface area contributed by atoms with Crippen LogP contribution in [0.3, 0.4) is 0 Å². The van der Waals surface area contributed by atoms with Crippen LogP contribution in [0.25, 0.3) is 0 Å². The summed E-state index contributed by atoms with van der Waals surface area (Å²) >= 11 is 0. The molecule has 0 atom stereocenters. The van der Waals surface area contributed by atoms with E-state index in [9.17, 15) is 10.1 Å². The second-order valence-electron chi connectivity index (χ2n) is 4.61. The van der Waals surface area contributed by atoms with Crippen LogP contribution < -0.4 is 4.74 Å². The standard InChI is InChI=1S/C13H15N3O3/c1-15(11-2-3-11)6-7-19-13-5-4-12(16(17)18)8-10(13)9-14/h4-5,8,11H,2-3,6-7H2,1H3. The molecule has 0 unspecified atom stereocenters. The van der Waals surface area contributed by atoms with E-state index in [4.69, 9.17) is 10.00 Å². The average Bonchev–Trinajstić information content (AvgIpc) is 3.22. The quantitative estimate of drug-likeness (QED) is 0.577. The summed E-state index contributed by atoms with van der Waals surface area (Å²) in [5.41, 5.74) is 0.0993. The number of nitro groups is 1. The molecule has 2 rings (SSSR count). The second-order valence-corrected chi connectivity index (χ2v) is 4.61. The Morgan fingerprint density at radius 3 is 2.89 bits per heavy atom. The van der Waals surface area contributed by atoms with Crippen molar-refractivity contribution in [2.75, 3.05) is 20.2 Å². The van der Waals surface area contributed by atoms with E-state index in [2.05, 4.69) is 4.90 Å². The second kappa shape index (κ2) is 5.67. The van der Waals surface area contributed by atoms with Crippen molar-refractivity contribution < 1.29 is 9.66 Å². The van der Waals surface area contributed by atoms with Crippen molar-refractivity contribution in [1.29, 1.82) is 5.26 Å². The molecule has 0 N–H and O–H groups in total. The Bertz CT molecular complexity index is 520. The largest absolute Gasteiger partial charge is 0.491 e. The Hall–Kier alpha value is -2.13. The number of hydrogen-bond acceptors (Lipinski definition) is 5. The Balaban J connectivity index is 1.95. The van der Waals surface area contributed by atoms with Crippen LogP contribution in [0.2, 0.25) is 0 Å². The summed E-state index contributed by atoms with van der Waals surface area (Å²) in [6.45, 7) is 1.26. The molecule has 0 aromatic heterocycles. The van der Waals surface area contributed by atoms with Crippen molar-refractivity contribution in [2.45, 2.75) is 18.9 Å². The van der Waals surface area contributed by atoms with E-state index in [1.165, 1.54) is 31.0 Å². The maximum absolute atomic E-state index is 10.6. The number of non-ortho nitro benzene ring substituents is 1. The highest BCUT2D eigenvalue weighted by molar-refractivity contribution is 5.50. The molecule has 1 aromatic rings. The molecule has 100 valence electrons. The fourth-order valence-corrected chi connectivity index (χ4v) is 1.84. The predicted octanol–water partition coefficient (Wildman–Crippen LogP) is 1.94. The molecule has 1 fully saturated rings. The van der Waals surface area contributed by atoms with Gasteiger partial charge in [-0.05, 0) is 26.0 Å². The summed E-state index contributed by atoms with van der Waals surface area (Å²) in [5.74, 6) is 0.400. The zero-order valence-corrected chi connectivity index (χ0v) is 10.7. The molecule has 6 nitrogen and oxygen atoms in total. The fourth-order valence-electron chi connectivity index (χ4n) is 1.84. The number of nitriles is 1. The molecule has 0 spiro atoms. The number of rotatable bonds is 6. The van der Waals surface area contributed by atoms with E-state index >= 15 is 0 Å². The molecule has 0 bridgehead atoms. The first kappa shape index (κ1) is 13.3. The number of likely N-dealkylation sites (N-methyl/N-ethyl adjacent to an activating group) is 1. The maximum Gasteiger partial charge on any atom is 0.271 e. The summed E-state index contributed by atoms with van der Waals surface area (Å²) in [4.78, 5) is 12.3. The Kier molecular flexibility index (Phi) is 3.97. The van der Waals surface area contributed by atoms with E-state index in [0.717, 1.165) is 6.54 Å². The molecule has 19 heavy (non-hydrogen) atoms. The van der Waals surface area contributed by atoms with Crippen molar-refractivity contribution in [3.8, 4) is 11.8 Å². The highest BCUT2D eigenvalue weighted by atomic mass is 16.6. The first-order chi connectivity index (χ1) is 9.11. The third-order valence-electron chi connectivity index (χ3n) is 3.17. The number of benzene rings is 1. The van der Waals surface area contributed by atoms with Gasteiger partial charge in [0.25, 0.3) is 5.69 Å². The minimum atomic E-state index is -0.522. The average molecular weight is 261 g/mol. The van der Waals surface area contributed by atoms with Gasteiger partial charge >= 0.3 is 0 Å². The molecule has 1 aromatic carbocycles. The van der Waals surface area contributed by atoms with Crippen molar-refractivity contribution in [2.24, 2.45) is 0 Å². The molecular formula is C13H15N3O3. The highest BCUT2D eigenvalue weighted by Crippen LogP contribution is 2.26. The van der Waals surface area contributed by atoms with Gasteiger partial charge in [-0.1, -0.05) is 0 Å². The van der Waals surface area contributed by atoms with Gasteiger partial charge in [0.1, 0.15) is 24.0 Å². The molecular weight excluding hydrogens is 246 g/mol. The Labute approximate surface area is 111 Å². The minimum Gasteiger partial charge on any atom is -0.491 e. The van der Waals surface area contributed by atoms with Crippen LogP contribution in [0.4, 0.5) is 5.69 Å². The summed E-state index contributed by atoms with van der Waals surface area (Å²) in [5, 5.41) is 19.6. The van der Waals surface area contributed by atoms with Crippen LogP contribution in [0.1, 0.15) is 18.4 Å². The third-order valence-corrected chi connectivity index (χ3v) is 3.17. The lowest BCUT2D eigenvalue weighted by Gasteiger charge is -2.16. The van der Waals surface area contributed by atoms with Crippen LogP contribution >= 0.6 is 0 Å². The lowest BCUT2D eigenvalue weighted by molar-refractivity contribution is -0.384. The summed E-state index contributed by atoms with van der Waals surface area (Å²) in [6.07, 6.45) is 2.47. The van der Waals surface area contributed by atoms with Crippen molar-refractivity contribution >= 4 is 5.69 Å². The SMILES string of the molecule is CN(CCOc1ccc([N+](=O)[O-])cc1C#N)C1CC1. The topological polar surface area (TPSA) is 79.4 Å². The van der Waals surface area contributed by atoms with Crippen LogP contribution in [0, 0.1) is 21.4 Å². The number of ether oxygens (including phenoxy) is 1. The van der Waals surface area contributed by atoms with E-state index in [1.54, 1.807) is 0 Å². The molecule has 0 saturated heterocycles. The van der Waals surface area contributed by atoms with Gasteiger partial charge in [0.2, 0.25) is 0 Å². The van der Waals surface area contributed by atoms with E-state index in [-0.39, 0.29) is 11.3 Å². The molecule has 0 radical (unpaired) electrons. The van der Waals surface area contributed by atoms with Crippen LogP contribution in [-0.4, -0.2) is 36.1 Å². The predicted molar refractivity (Wildman–Crippen MR) is 69.0 cm³/mol. The summed E-state index contributed by atoms with van der Waals surface area (Å²) in [6, 6.07) is 6.65. The molecule has 1 aliphatic rings. The molecule has 0 amide bonds. The number of nitro benzene ring substituents is 1. The first-order valence-electron chi connectivity index (χ1n) is 6.13. The Morgan fingerprint density at radius 2 is 2.32 bits per heavy atom. The van der Waals surface area contributed by atoms with E-state index < -0.39 is 4.92 Å². The molecule has 1 aliphatic carbocycles. The monoisotopic (exact) mass is 261 g/mol. The van der Waals surface area contributed by atoms with Gasteiger partial charge in [0, 0.05) is 24.7 Å². The van der Waals surface area contributed by atoms with Gasteiger partial charge in [0.05, 0.1) is 4.92 Å². The van der Waals surface area contributed by atoms with Crippen LogP contribution in [0.5, 0.6) is 5.75 Å². The van der Waals surface area contributed by atoms with Gasteiger partial charge in [-0.25, -0.2) is 0 Å². The fraction of sp³-hybridized carbons (Fsp3) is 0.462. The van der Waals surface area contributed by atoms with Crippen LogP contribution in [0.15, 0.2) is 18.2 Å². The lowest BCUT2D eigenvalue weighted by atomic mass is 10.2. The summed E-state index contributed by atoms with van der Waals surface area (Å²) in [7, 11) is 2.04. The van der Waals surface area contributed by atoms with Crippen molar-refractivity contribution in [1.82, 2.24) is 4.90 Å². The van der Waals surface area contributed by atoms with Gasteiger partial charge in [-0.3, -0.25) is 10.1 Å². The normalized spacial score (nSPS) is 14.2. The van der Waals surface area contributed by atoms with Crippen LogP contribution in [-0.2, 0) is 0 Å². The zero-order chi connectivity index (χ0) is 13.8. The van der Waals surface area contributed by atoms with E-state index in [0.29, 0.717) is 18.4 Å². The third kappa shape index (κ3) is 3.42. The van der Waals surface area contributed by atoms with E-state index in [1.807, 2.05) is 13.1 Å². The lowest BCUT2D eigenvalue weighted by Crippen LogP contribution is -2.26. The molecule has 1 saturated carbocycles. The minimum absolute atomic E-state index is 0.0981. The maximum atomic E-state index is 10.6. The zero-order valence-electron chi connectivity index (χ0n) is 10.7. The first-order valence-corrected chi connectivity index (χ1v) is 6.13. The molecule has 0 heterocycles. The number of nitrogens with zero attached hydrogens (tertiary/aromatic N) is 3. The van der Waals surface area contributed by atoms with Crippen molar-refractivity contribution in [3.05, 3.63) is 33.9 Å². The molecule has 0 aliphatic heterocycles. The Morgan fingerprint density at radius 1 is 1.58 bits per heavy atom. The number of hydrogen-bond donors (Lipinski definition) is 0. The van der Waals surface area contributed by atoms with Gasteiger partial charge in [-0.15, -0.1) is 0 Å². The molecule has 6 heteroatoms.